The third-order valence-corrected chi connectivity index (χ3v) is 4.08. The van der Waals surface area contributed by atoms with Gasteiger partial charge in [-0.3, -0.25) is 9.69 Å². The molecule has 3 amide bonds. The molecule has 0 aromatic carbocycles. The molecule has 0 aromatic rings. The van der Waals surface area contributed by atoms with E-state index < -0.39 is 5.54 Å². The number of rotatable bonds is 4. The lowest BCUT2D eigenvalue weighted by Crippen LogP contribution is -2.55. The van der Waals surface area contributed by atoms with Crippen molar-refractivity contribution >= 4 is 11.9 Å². The fourth-order valence-electron chi connectivity index (χ4n) is 2.86. The van der Waals surface area contributed by atoms with E-state index in [1.54, 1.807) is 0 Å². The van der Waals surface area contributed by atoms with Gasteiger partial charge in [0.05, 0.1) is 6.07 Å². The van der Waals surface area contributed by atoms with Gasteiger partial charge in [-0.15, -0.1) is 0 Å². The molecule has 2 rings (SSSR count). The first-order chi connectivity index (χ1) is 9.09. The lowest BCUT2D eigenvalue weighted by molar-refractivity contribution is -0.132. The number of carbonyl (C=O) groups excluding carboxylic acids is 2. The number of piperidine rings is 1. The Morgan fingerprint density at radius 3 is 2.95 bits per heavy atom. The maximum Gasteiger partial charge on any atom is 0.325 e. The smallest absolute Gasteiger partial charge is 0.323 e. The van der Waals surface area contributed by atoms with Crippen LogP contribution in [0.15, 0.2) is 0 Å². The zero-order valence-electron chi connectivity index (χ0n) is 11.2. The van der Waals surface area contributed by atoms with Crippen LogP contribution in [0.25, 0.3) is 0 Å². The third kappa shape index (κ3) is 2.56. The van der Waals surface area contributed by atoms with Crippen molar-refractivity contribution in [2.45, 2.75) is 38.1 Å². The van der Waals surface area contributed by atoms with Crippen LogP contribution in [0, 0.1) is 17.2 Å². The lowest BCUT2D eigenvalue weighted by atomic mass is 9.80. The molecule has 2 unspecified atom stereocenters. The van der Waals surface area contributed by atoms with Gasteiger partial charge in [0.15, 0.2) is 0 Å². The maximum atomic E-state index is 12.5. The molecule has 2 saturated heterocycles. The van der Waals surface area contributed by atoms with Crippen molar-refractivity contribution in [2.75, 3.05) is 19.6 Å². The molecule has 2 heterocycles. The Bertz CT molecular complexity index is 411. The van der Waals surface area contributed by atoms with Gasteiger partial charge < -0.3 is 10.6 Å². The highest BCUT2D eigenvalue weighted by Crippen LogP contribution is 2.30. The number of hydrogen-bond donors (Lipinski definition) is 2. The van der Waals surface area contributed by atoms with E-state index in [9.17, 15) is 9.59 Å². The number of nitrogens with zero attached hydrogens (tertiary/aromatic N) is 2. The van der Waals surface area contributed by atoms with Gasteiger partial charge in [-0.1, -0.05) is 0 Å². The van der Waals surface area contributed by atoms with Gasteiger partial charge in [0, 0.05) is 25.4 Å². The Labute approximate surface area is 113 Å². The second-order valence-electron chi connectivity index (χ2n) is 5.39. The molecule has 2 fully saturated rings. The maximum absolute atomic E-state index is 12.5. The molecule has 0 aliphatic carbocycles. The van der Waals surface area contributed by atoms with Crippen molar-refractivity contribution in [3.05, 3.63) is 0 Å². The molecule has 2 aliphatic heterocycles. The summed E-state index contributed by atoms with van der Waals surface area (Å²) >= 11 is 0. The van der Waals surface area contributed by atoms with Gasteiger partial charge in [-0.2, -0.15) is 5.26 Å². The summed E-state index contributed by atoms with van der Waals surface area (Å²) in [7, 11) is 0. The number of nitrogens with one attached hydrogen (secondary N) is 2. The Morgan fingerprint density at radius 2 is 2.32 bits per heavy atom. The van der Waals surface area contributed by atoms with Gasteiger partial charge in [-0.05, 0) is 32.7 Å². The normalized spacial score (nSPS) is 31.2. The Hall–Kier alpha value is -1.61. The van der Waals surface area contributed by atoms with Crippen LogP contribution >= 0.6 is 0 Å². The Kier molecular flexibility index (Phi) is 4.05. The number of amides is 3. The predicted molar refractivity (Wildman–Crippen MR) is 69.1 cm³/mol. The number of nitriles is 1. The van der Waals surface area contributed by atoms with Crippen LogP contribution in [0.4, 0.5) is 4.79 Å². The first-order valence-electron chi connectivity index (χ1n) is 6.81. The van der Waals surface area contributed by atoms with Crippen molar-refractivity contribution in [2.24, 2.45) is 5.92 Å². The molecule has 0 radical (unpaired) electrons. The number of urea groups is 1. The van der Waals surface area contributed by atoms with Crippen LogP contribution in [0.2, 0.25) is 0 Å². The first kappa shape index (κ1) is 13.8. The molecule has 0 spiro atoms. The zero-order chi connectivity index (χ0) is 13.9. The molecule has 0 saturated carbocycles. The summed E-state index contributed by atoms with van der Waals surface area (Å²) in [5.74, 6) is -0.0113. The van der Waals surface area contributed by atoms with E-state index in [0.717, 1.165) is 25.9 Å². The van der Waals surface area contributed by atoms with E-state index in [1.165, 1.54) is 4.90 Å². The van der Waals surface area contributed by atoms with Crippen LogP contribution in [-0.2, 0) is 4.79 Å². The lowest BCUT2D eigenvalue weighted by Gasteiger charge is -2.34. The molecule has 2 N–H and O–H groups in total. The number of carbonyl (C=O) groups is 2. The van der Waals surface area contributed by atoms with Crippen molar-refractivity contribution in [3.63, 3.8) is 0 Å². The van der Waals surface area contributed by atoms with Crippen LogP contribution in [0.5, 0.6) is 0 Å². The minimum absolute atomic E-state index is 0.138. The quantitative estimate of drug-likeness (QED) is 0.575. The van der Waals surface area contributed by atoms with E-state index in [0.29, 0.717) is 19.4 Å². The summed E-state index contributed by atoms with van der Waals surface area (Å²) < 4.78 is 0. The standard InChI is InChI=1S/C13H20N4O2/c1-13(10-5-4-7-15-9-10)11(18)17(12(19)16-13)8-3-2-6-14/h10,15H,2-5,7-9H2,1H3,(H,16,19). The van der Waals surface area contributed by atoms with Crippen molar-refractivity contribution in [3.8, 4) is 6.07 Å². The zero-order valence-corrected chi connectivity index (χ0v) is 11.2. The fraction of sp³-hybridized carbons (Fsp3) is 0.769. The van der Waals surface area contributed by atoms with Crippen molar-refractivity contribution < 1.29 is 9.59 Å². The topological polar surface area (TPSA) is 85.2 Å². The Morgan fingerprint density at radius 1 is 1.53 bits per heavy atom. The second-order valence-corrected chi connectivity index (χ2v) is 5.39. The van der Waals surface area contributed by atoms with Gasteiger partial charge in [-0.25, -0.2) is 4.79 Å². The van der Waals surface area contributed by atoms with Crippen molar-refractivity contribution in [1.82, 2.24) is 15.5 Å². The van der Waals surface area contributed by atoms with Gasteiger partial charge in [0.1, 0.15) is 5.54 Å². The summed E-state index contributed by atoms with van der Waals surface area (Å²) in [4.78, 5) is 25.6. The Balaban J connectivity index is 2.05. The summed E-state index contributed by atoms with van der Waals surface area (Å²) in [5, 5.41) is 14.6. The minimum atomic E-state index is -0.794. The predicted octanol–water partition coefficient (Wildman–Crippen LogP) is 0.600. The molecular formula is C13H20N4O2. The number of imide groups is 1. The monoisotopic (exact) mass is 264 g/mol. The molecule has 2 aliphatic rings. The van der Waals surface area contributed by atoms with E-state index in [-0.39, 0.29) is 17.9 Å². The fourth-order valence-corrected chi connectivity index (χ4v) is 2.86. The van der Waals surface area contributed by atoms with Gasteiger partial charge in [0.2, 0.25) is 0 Å². The molecule has 6 nitrogen and oxygen atoms in total. The largest absolute Gasteiger partial charge is 0.325 e. The van der Waals surface area contributed by atoms with Crippen molar-refractivity contribution in [1.29, 1.82) is 5.26 Å². The highest BCUT2D eigenvalue weighted by atomic mass is 16.2. The highest BCUT2D eigenvalue weighted by molar-refractivity contribution is 6.07. The highest BCUT2D eigenvalue weighted by Gasteiger charge is 2.52. The average molecular weight is 264 g/mol. The SMILES string of the molecule is CC1(C2CCCNC2)NC(=O)N(CCCC#N)C1=O. The molecule has 0 bridgehead atoms. The summed E-state index contributed by atoms with van der Waals surface area (Å²) in [5.41, 5.74) is -0.794. The summed E-state index contributed by atoms with van der Waals surface area (Å²) in [6, 6.07) is 1.70. The van der Waals surface area contributed by atoms with Crippen LogP contribution in [0.3, 0.4) is 0 Å². The van der Waals surface area contributed by atoms with Crippen LogP contribution < -0.4 is 10.6 Å². The average Bonchev–Trinajstić information content (AvgIpc) is 2.64. The number of unbranched alkanes of at least 4 members (excludes halogenated alkanes) is 1. The molecule has 2 atom stereocenters. The second kappa shape index (κ2) is 5.57. The van der Waals surface area contributed by atoms with Gasteiger partial charge >= 0.3 is 6.03 Å². The van der Waals surface area contributed by atoms with E-state index >= 15 is 0 Å². The first-order valence-corrected chi connectivity index (χ1v) is 6.81. The van der Waals surface area contributed by atoms with Crippen LogP contribution in [-0.4, -0.2) is 42.0 Å². The molecule has 19 heavy (non-hydrogen) atoms. The van der Waals surface area contributed by atoms with E-state index in [4.69, 9.17) is 5.26 Å². The van der Waals surface area contributed by atoms with Gasteiger partial charge in [0.25, 0.3) is 5.91 Å². The molecular weight excluding hydrogens is 244 g/mol. The van der Waals surface area contributed by atoms with E-state index in [2.05, 4.69) is 10.6 Å². The molecule has 0 aromatic heterocycles. The third-order valence-electron chi connectivity index (χ3n) is 4.08. The minimum Gasteiger partial charge on any atom is -0.323 e. The summed E-state index contributed by atoms with van der Waals surface area (Å²) in [6.07, 6.45) is 2.87. The molecule has 6 heteroatoms. The van der Waals surface area contributed by atoms with E-state index in [1.807, 2.05) is 13.0 Å². The number of hydrogen-bond acceptors (Lipinski definition) is 4. The molecule has 104 valence electrons. The van der Waals surface area contributed by atoms with Crippen LogP contribution in [0.1, 0.15) is 32.6 Å². The summed E-state index contributed by atoms with van der Waals surface area (Å²) in [6.45, 7) is 3.87.